The third-order valence-electron chi connectivity index (χ3n) is 2.49. The minimum absolute atomic E-state index is 0.0811. The minimum Gasteiger partial charge on any atom is -0.324 e. The van der Waals surface area contributed by atoms with E-state index in [1.807, 2.05) is 36.4 Å². The molecule has 0 aliphatic rings. The predicted octanol–water partition coefficient (Wildman–Crippen LogP) is 3.74. The SMILES string of the molecule is NC(Cc1ccc(Br)cn1)c1cccc(Cl)c1. The average Bonchev–Trinajstić information content (AvgIpc) is 2.32. The van der Waals surface area contributed by atoms with Crippen LogP contribution in [0.25, 0.3) is 0 Å². The van der Waals surface area contributed by atoms with Gasteiger partial charge in [0.15, 0.2) is 0 Å². The van der Waals surface area contributed by atoms with Crippen LogP contribution in [0, 0.1) is 0 Å². The molecule has 1 aromatic heterocycles. The van der Waals surface area contributed by atoms with Crippen molar-refractivity contribution in [2.24, 2.45) is 5.73 Å². The van der Waals surface area contributed by atoms with Gasteiger partial charge in [-0.3, -0.25) is 4.98 Å². The Balaban J connectivity index is 2.11. The molecular weight excluding hydrogens is 300 g/mol. The zero-order valence-electron chi connectivity index (χ0n) is 9.11. The molecule has 1 unspecified atom stereocenters. The summed E-state index contributed by atoms with van der Waals surface area (Å²) in [6.07, 6.45) is 2.48. The highest BCUT2D eigenvalue weighted by atomic mass is 79.9. The van der Waals surface area contributed by atoms with Gasteiger partial charge < -0.3 is 5.73 Å². The van der Waals surface area contributed by atoms with Gasteiger partial charge in [-0.05, 0) is 45.8 Å². The normalized spacial score (nSPS) is 12.4. The van der Waals surface area contributed by atoms with Gasteiger partial charge in [0.1, 0.15) is 0 Å². The lowest BCUT2D eigenvalue weighted by Crippen LogP contribution is -2.13. The fourth-order valence-corrected chi connectivity index (χ4v) is 2.04. The molecule has 0 amide bonds. The van der Waals surface area contributed by atoms with Crippen LogP contribution in [0.4, 0.5) is 0 Å². The third kappa shape index (κ3) is 3.53. The average molecular weight is 312 g/mol. The molecule has 2 rings (SSSR count). The van der Waals surface area contributed by atoms with Gasteiger partial charge in [0.25, 0.3) is 0 Å². The molecule has 17 heavy (non-hydrogen) atoms. The molecule has 1 heterocycles. The highest BCUT2D eigenvalue weighted by Crippen LogP contribution is 2.19. The van der Waals surface area contributed by atoms with Crippen LogP contribution in [0.5, 0.6) is 0 Å². The number of pyridine rings is 1. The van der Waals surface area contributed by atoms with Crippen LogP contribution in [0.15, 0.2) is 47.1 Å². The van der Waals surface area contributed by atoms with E-state index in [1.54, 1.807) is 6.20 Å². The van der Waals surface area contributed by atoms with Crippen LogP contribution in [0.3, 0.4) is 0 Å². The van der Waals surface area contributed by atoms with Crippen LogP contribution in [-0.2, 0) is 6.42 Å². The highest BCUT2D eigenvalue weighted by molar-refractivity contribution is 9.10. The smallest absolute Gasteiger partial charge is 0.0423 e. The van der Waals surface area contributed by atoms with Gasteiger partial charge in [-0.1, -0.05) is 23.7 Å². The van der Waals surface area contributed by atoms with Crippen LogP contribution in [0.1, 0.15) is 17.3 Å². The first kappa shape index (κ1) is 12.6. The van der Waals surface area contributed by atoms with Crippen LogP contribution in [0.2, 0.25) is 5.02 Å². The van der Waals surface area contributed by atoms with E-state index in [1.165, 1.54) is 0 Å². The van der Waals surface area contributed by atoms with Crippen molar-refractivity contribution in [1.82, 2.24) is 4.98 Å². The number of nitrogens with zero attached hydrogens (tertiary/aromatic N) is 1. The Hall–Kier alpha value is -0.900. The maximum absolute atomic E-state index is 6.12. The van der Waals surface area contributed by atoms with Gasteiger partial charge >= 0.3 is 0 Å². The van der Waals surface area contributed by atoms with E-state index in [-0.39, 0.29) is 6.04 Å². The molecule has 1 atom stereocenters. The first-order chi connectivity index (χ1) is 8.15. The fraction of sp³-hybridized carbons (Fsp3) is 0.154. The van der Waals surface area contributed by atoms with Crippen molar-refractivity contribution in [3.8, 4) is 0 Å². The molecule has 88 valence electrons. The molecule has 0 radical (unpaired) electrons. The summed E-state index contributed by atoms with van der Waals surface area (Å²) in [7, 11) is 0. The fourth-order valence-electron chi connectivity index (χ4n) is 1.61. The number of benzene rings is 1. The van der Waals surface area contributed by atoms with Crippen molar-refractivity contribution in [1.29, 1.82) is 0 Å². The Kier molecular flexibility index (Phi) is 4.15. The van der Waals surface area contributed by atoms with Gasteiger partial charge in [-0.15, -0.1) is 0 Å². The lowest BCUT2D eigenvalue weighted by molar-refractivity contribution is 0.706. The first-order valence-electron chi connectivity index (χ1n) is 5.26. The summed E-state index contributed by atoms with van der Waals surface area (Å²) >= 11 is 9.29. The summed E-state index contributed by atoms with van der Waals surface area (Å²) in [5.41, 5.74) is 8.13. The number of halogens is 2. The summed E-state index contributed by atoms with van der Waals surface area (Å²) in [5, 5.41) is 0.710. The molecule has 0 aliphatic heterocycles. The first-order valence-corrected chi connectivity index (χ1v) is 6.44. The van der Waals surface area contributed by atoms with Crippen molar-refractivity contribution in [2.75, 3.05) is 0 Å². The van der Waals surface area contributed by atoms with E-state index >= 15 is 0 Å². The summed E-state index contributed by atoms with van der Waals surface area (Å²) in [4.78, 5) is 4.31. The van der Waals surface area contributed by atoms with E-state index in [4.69, 9.17) is 17.3 Å². The monoisotopic (exact) mass is 310 g/mol. The Morgan fingerprint density at radius 3 is 2.76 bits per heavy atom. The van der Waals surface area contributed by atoms with Crippen LogP contribution >= 0.6 is 27.5 Å². The molecule has 0 bridgehead atoms. The lowest BCUT2D eigenvalue weighted by atomic mass is 10.0. The van der Waals surface area contributed by atoms with E-state index in [0.717, 1.165) is 15.7 Å². The molecule has 2 nitrogen and oxygen atoms in total. The quantitative estimate of drug-likeness (QED) is 0.938. The van der Waals surface area contributed by atoms with Gasteiger partial charge in [0.05, 0.1) is 0 Å². The maximum Gasteiger partial charge on any atom is 0.0423 e. The number of nitrogens with two attached hydrogens (primary N) is 1. The molecule has 0 saturated carbocycles. The summed E-state index contributed by atoms with van der Waals surface area (Å²) < 4.78 is 0.970. The van der Waals surface area contributed by atoms with Crippen molar-refractivity contribution >= 4 is 27.5 Å². The molecule has 0 saturated heterocycles. The molecule has 0 aliphatic carbocycles. The molecule has 0 spiro atoms. The molecule has 2 N–H and O–H groups in total. The summed E-state index contributed by atoms with van der Waals surface area (Å²) in [5.74, 6) is 0. The molecular formula is C13H12BrClN2. The van der Waals surface area contributed by atoms with Crippen molar-refractivity contribution in [2.45, 2.75) is 12.5 Å². The minimum atomic E-state index is -0.0811. The zero-order chi connectivity index (χ0) is 12.3. The van der Waals surface area contributed by atoms with Crippen molar-refractivity contribution in [3.63, 3.8) is 0 Å². The second kappa shape index (κ2) is 5.63. The van der Waals surface area contributed by atoms with Crippen LogP contribution < -0.4 is 5.73 Å². The van der Waals surface area contributed by atoms with E-state index in [2.05, 4.69) is 20.9 Å². The number of hydrogen-bond donors (Lipinski definition) is 1. The zero-order valence-corrected chi connectivity index (χ0v) is 11.4. The standard InChI is InChI=1S/C13H12BrClN2/c14-10-4-5-12(17-8-10)7-13(16)9-2-1-3-11(15)6-9/h1-6,8,13H,7,16H2. The number of aromatic nitrogens is 1. The number of rotatable bonds is 3. The van der Waals surface area contributed by atoms with Gasteiger partial charge in [0, 0.05) is 33.8 Å². The topological polar surface area (TPSA) is 38.9 Å². The van der Waals surface area contributed by atoms with Crippen molar-refractivity contribution < 1.29 is 0 Å². The van der Waals surface area contributed by atoms with Gasteiger partial charge in [0.2, 0.25) is 0 Å². The Labute approximate surface area is 114 Å². The van der Waals surface area contributed by atoms with Gasteiger partial charge in [-0.2, -0.15) is 0 Å². The van der Waals surface area contributed by atoms with E-state index in [0.29, 0.717) is 11.4 Å². The van der Waals surface area contributed by atoms with E-state index < -0.39 is 0 Å². The molecule has 2 aromatic rings. The van der Waals surface area contributed by atoms with E-state index in [9.17, 15) is 0 Å². The second-order valence-electron chi connectivity index (χ2n) is 3.83. The molecule has 4 heteroatoms. The largest absolute Gasteiger partial charge is 0.324 e. The lowest BCUT2D eigenvalue weighted by Gasteiger charge is -2.11. The Morgan fingerprint density at radius 1 is 1.29 bits per heavy atom. The molecule has 1 aromatic carbocycles. The van der Waals surface area contributed by atoms with Gasteiger partial charge in [-0.25, -0.2) is 0 Å². The maximum atomic E-state index is 6.12. The Bertz CT molecular complexity index is 499. The van der Waals surface area contributed by atoms with Crippen LogP contribution in [-0.4, -0.2) is 4.98 Å². The summed E-state index contributed by atoms with van der Waals surface area (Å²) in [6.45, 7) is 0. The number of hydrogen-bond acceptors (Lipinski definition) is 2. The predicted molar refractivity (Wildman–Crippen MR) is 74.0 cm³/mol. The second-order valence-corrected chi connectivity index (χ2v) is 5.19. The third-order valence-corrected chi connectivity index (χ3v) is 3.20. The highest BCUT2D eigenvalue weighted by Gasteiger charge is 2.08. The molecule has 0 fully saturated rings. The summed E-state index contributed by atoms with van der Waals surface area (Å²) in [6, 6.07) is 11.5. The van der Waals surface area contributed by atoms with Crippen molar-refractivity contribution in [3.05, 3.63) is 63.3 Å². The Morgan fingerprint density at radius 2 is 2.12 bits per heavy atom.